The van der Waals surface area contributed by atoms with Crippen LogP contribution in [0.15, 0.2) is 15.5 Å². The fourth-order valence-corrected chi connectivity index (χ4v) is 2.77. The summed E-state index contributed by atoms with van der Waals surface area (Å²) in [7, 11) is 0. The van der Waals surface area contributed by atoms with E-state index in [1.807, 2.05) is 11.9 Å². The van der Waals surface area contributed by atoms with Crippen molar-refractivity contribution in [1.29, 1.82) is 0 Å². The fraction of sp³-hybridized carbons (Fsp3) is 0.846. The molecule has 1 rings (SSSR count). The van der Waals surface area contributed by atoms with Crippen LogP contribution in [0.2, 0.25) is 0 Å². The molecule has 5 nitrogen and oxygen atoms in total. The third-order valence-corrected chi connectivity index (χ3v) is 4.13. The maximum absolute atomic E-state index is 10.3. The summed E-state index contributed by atoms with van der Waals surface area (Å²) in [5, 5.41) is 13.1. The first kappa shape index (κ1) is 16.1. The number of hydrazone groups is 1. The van der Waals surface area contributed by atoms with E-state index in [0.717, 1.165) is 24.4 Å². The van der Waals surface area contributed by atoms with Gasteiger partial charge in [-0.2, -0.15) is 5.10 Å². The maximum Gasteiger partial charge on any atom is 0.209 e. The summed E-state index contributed by atoms with van der Waals surface area (Å²) in [6, 6.07) is 0. The molecule has 19 heavy (non-hydrogen) atoms. The van der Waals surface area contributed by atoms with Crippen LogP contribution in [0.1, 0.15) is 58.8 Å². The van der Waals surface area contributed by atoms with E-state index < -0.39 is 0 Å². The van der Waals surface area contributed by atoms with Gasteiger partial charge in [-0.05, 0) is 13.3 Å². The summed E-state index contributed by atoms with van der Waals surface area (Å²) < 4.78 is 0. The van der Waals surface area contributed by atoms with Crippen molar-refractivity contribution in [1.82, 2.24) is 5.01 Å². The summed E-state index contributed by atoms with van der Waals surface area (Å²) in [4.78, 5) is 10.3. The number of thioether (sulfide) groups is 1. The zero-order valence-electron chi connectivity index (χ0n) is 12.0. The van der Waals surface area contributed by atoms with Crippen LogP contribution in [0, 0.1) is 4.91 Å². The van der Waals surface area contributed by atoms with Crippen LogP contribution in [-0.4, -0.2) is 28.2 Å². The van der Waals surface area contributed by atoms with E-state index in [1.165, 1.54) is 50.3 Å². The van der Waals surface area contributed by atoms with E-state index in [-0.39, 0.29) is 0 Å². The lowest BCUT2D eigenvalue weighted by Crippen LogP contribution is -2.30. The minimum Gasteiger partial charge on any atom is -0.241 e. The predicted octanol–water partition coefficient (Wildman–Crippen LogP) is 4.20. The second kappa shape index (κ2) is 9.95. The van der Waals surface area contributed by atoms with Gasteiger partial charge in [-0.25, -0.2) is 5.01 Å². The van der Waals surface area contributed by atoms with Crippen molar-refractivity contribution in [3.63, 3.8) is 0 Å². The molecule has 0 spiro atoms. The molecule has 6 heteroatoms. The van der Waals surface area contributed by atoms with E-state index in [0.29, 0.717) is 5.17 Å². The van der Waals surface area contributed by atoms with Gasteiger partial charge in [0, 0.05) is 18.0 Å². The Morgan fingerprint density at radius 3 is 2.58 bits per heavy atom. The number of hydrogen-bond donors (Lipinski definition) is 0. The molecule has 0 aromatic heterocycles. The molecule has 0 fully saturated rings. The number of hydrogen-bond acceptors (Lipinski definition) is 4. The van der Waals surface area contributed by atoms with Crippen molar-refractivity contribution in [3.05, 3.63) is 4.91 Å². The van der Waals surface area contributed by atoms with Gasteiger partial charge < -0.3 is 0 Å². The number of rotatable bonds is 9. The molecule has 1 aliphatic rings. The van der Waals surface area contributed by atoms with Crippen LogP contribution in [0.5, 0.6) is 0 Å². The summed E-state index contributed by atoms with van der Waals surface area (Å²) in [6.07, 6.45) is 8.87. The van der Waals surface area contributed by atoms with Crippen LogP contribution in [0.4, 0.5) is 0 Å². The normalized spacial score (nSPS) is 17.7. The first-order chi connectivity index (χ1) is 9.27. The third-order valence-electron chi connectivity index (χ3n) is 3.02. The van der Waals surface area contributed by atoms with E-state index in [4.69, 9.17) is 0 Å². The van der Waals surface area contributed by atoms with Gasteiger partial charge in [-0.1, -0.05) is 62.3 Å². The average Bonchev–Trinajstić information content (AvgIpc) is 2.41. The Balaban J connectivity index is 2.23. The van der Waals surface area contributed by atoms with Crippen molar-refractivity contribution in [2.24, 2.45) is 15.5 Å². The van der Waals surface area contributed by atoms with Gasteiger partial charge in [0.15, 0.2) is 0 Å². The minimum absolute atomic E-state index is 0.631. The van der Waals surface area contributed by atoms with Crippen molar-refractivity contribution in [2.45, 2.75) is 58.8 Å². The molecule has 0 N–H and O–H groups in total. The molecule has 0 unspecified atom stereocenters. The van der Waals surface area contributed by atoms with Crippen LogP contribution in [0.3, 0.4) is 0 Å². The van der Waals surface area contributed by atoms with Crippen molar-refractivity contribution >= 4 is 22.6 Å². The van der Waals surface area contributed by atoms with Crippen LogP contribution in [-0.2, 0) is 0 Å². The van der Waals surface area contributed by atoms with E-state index in [2.05, 4.69) is 22.4 Å². The topological polar surface area (TPSA) is 57.4 Å². The number of nitrogens with zero attached hydrogens (tertiary/aromatic N) is 4. The molecule has 1 heterocycles. The van der Waals surface area contributed by atoms with Gasteiger partial charge >= 0.3 is 0 Å². The lowest BCUT2D eigenvalue weighted by molar-refractivity contribution is 0.424. The quantitative estimate of drug-likeness (QED) is 0.362. The van der Waals surface area contributed by atoms with Crippen molar-refractivity contribution in [2.75, 3.05) is 12.3 Å². The summed E-state index contributed by atoms with van der Waals surface area (Å²) in [5.41, 5.74) is 1.07. The smallest absolute Gasteiger partial charge is 0.209 e. The van der Waals surface area contributed by atoms with Gasteiger partial charge in [-0.3, -0.25) is 0 Å². The number of unbranched alkanes of at least 4 members (excludes halogenated alkanes) is 6. The molecule has 0 atom stereocenters. The molecular formula is C13H24N4OS. The minimum atomic E-state index is 0.631. The van der Waals surface area contributed by atoms with Gasteiger partial charge in [-0.15, -0.1) is 4.91 Å². The maximum atomic E-state index is 10.3. The van der Waals surface area contributed by atoms with Crippen LogP contribution in [0.25, 0.3) is 0 Å². The molecule has 0 aromatic carbocycles. The van der Waals surface area contributed by atoms with E-state index in [1.54, 1.807) is 0 Å². The SMILES string of the molecule is CCCCCCCCCN1N=C(C)CS/C1=N\N=O. The molecule has 0 bridgehead atoms. The molecule has 108 valence electrons. The standard InChI is InChI=1S/C13H24N4OS/c1-3-4-5-6-7-8-9-10-17-13(14-16-18)19-11-12(2)15-17/h3-11H2,1-2H3/b14-13-. The largest absolute Gasteiger partial charge is 0.241 e. The molecule has 0 aliphatic carbocycles. The lowest BCUT2D eigenvalue weighted by Gasteiger charge is -2.24. The van der Waals surface area contributed by atoms with E-state index in [9.17, 15) is 4.91 Å². The van der Waals surface area contributed by atoms with Crippen molar-refractivity contribution < 1.29 is 0 Å². The highest BCUT2D eigenvalue weighted by atomic mass is 32.2. The zero-order chi connectivity index (χ0) is 13.9. The first-order valence-electron chi connectivity index (χ1n) is 7.12. The summed E-state index contributed by atoms with van der Waals surface area (Å²) in [6.45, 7) is 5.05. The highest BCUT2D eigenvalue weighted by Crippen LogP contribution is 2.18. The van der Waals surface area contributed by atoms with Gasteiger partial charge in [0.2, 0.25) is 5.17 Å². The van der Waals surface area contributed by atoms with Crippen LogP contribution >= 0.6 is 11.8 Å². The Morgan fingerprint density at radius 1 is 1.21 bits per heavy atom. The fourth-order valence-electron chi connectivity index (χ4n) is 2.00. The van der Waals surface area contributed by atoms with Crippen LogP contribution < -0.4 is 0 Å². The van der Waals surface area contributed by atoms with Gasteiger partial charge in [0.05, 0.1) is 5.29 Å². The average molecular weight is 284 g/mol. The molecule has 0 amide bonds. The molecule has 0 aromatic rings. The zero-order valence-corrected chi connectivity index (χ0v) is 12.8. The monoisotopic (exact) mass is 284 g/mol. The Morgan fingerprint density at radius 2 is 1.89 bits per heavy atom. The second-order valence-corrected chi connectivity index (χ2v) is 5.78. The Kier molecular flexibility index (Phi) is 8.45. The Bertz CT molecular complexity index is 331. The molecule has 1 aliphatic heterocycles. The molecule has 0 radical (unpaired) electrons. The summed E-state index contributed by atoms with van der Waals surface area (Å²) in [5.74, 6) is 0.794. The lowest BCUT2D eigenvalue weighted by atomic mass is 10.1. The Labute approximate surface area is 119 Å². The highest BCUT2D eigenvalue weighted by Gasteiger charge is 2.17. The molecule has 0 saturated carbocycles. The number of amidine groups is 1. The van der Waals surface area contributed by atoms with Crippen molar-refractivity contribution in [3.8, 4) is 0 Å². The predicted molar refractivity (Wildman–Crippen MR) is 83.5 cm³/mol. The molecular weight excluding hydrogens is 260 g/mol. The second-order valence-electron chi connectivity index (χ2n) is 4.83. The number of nitroso groups, excluding NO2 is 1. The summed E-state index contributed by atoms with van der Waals surface area (Å²) >= 11 is 1.53. The first-order valence-corrected chi connectivity index (χ1v) is 8.11. The Hall–Kier alpha value is -0.910. The van der Waals surface area contributed by atoms with Gasteiger partial charge in [0.25, 0.3) is 0 Å². The van der Waals surface area contributed by atoms with Gasteiger partial charge in [0.1, 0.15) is 0 Å². The third kappa shape index (κ3) is 6.71. The molecule has 0 saturated heterocycles. The highest BCUT2D eigenvalue weighted by molar-refractivity contribution is 8.14. The van der Waals surface area contributed by atoms with E-state index >= 15 is 0 Å².